The lowest BCUT2D eigenvalue weighted by molar-refractivity contribution is 0.246. The molecule has 0 fully saturated rings. The Morgan fingerprint density at radius 3 is 2.66 bits per heavy atom. The second-order valence-corrected chi connectivity index (χ2v) is 6.60. The zero-order valence-electron chi connectivity index (χ0n) is 16.6. The standard InChI is InChI=1S/C22H25N5O2/c1-3-16-6-4-8-20(27(24)22(28)26-23)19(16)14-29-21-10-9-17(12-15(21)2)18-7-5-11-25-13-18/h4-13H,3,14,23-24H2,1-2H3,(H,26,28). The van der Waals surface area contributed by atoms with Gasteiger partial charge in [-0.25, -0.2) is 21.5 Å². The van der Waals surface area contributed by atoms with E-state index in [2.05, 4.69) is 11.1 Å². The molecule has 3 rings (SSSR count). The largest absolute Gasteiger partial charge is 0.489 e. The number of urea groups is 1. The number of nitrogens with two attached hydrogens (primary N) is 2. The Morgan fingerprint density at radius 1 is 1.17 bits per heavy atom. The number of aryl methyl sites for hydroxylation is 2. The highest BCUT2D eigenvalue weighted by Crippen LogP contribution is 2.29. The molecule has 0 unspecified atom stereocenters. The van der Waals surface area contributed by atoms with Gasteiger partial charge in [0.25, 0.3) is 0 Å². The van der Waals surface area contributed by atoms with E-state index in [1.54, 1.807) is 12.3 Å². The fraction of sp³-hybridized carbons (Fsp3) is 0.182. The summed E-state index contributed by atoms with van der Waals surface area (Å²) in [6.07, 6.45) is 4.36. The number of carbonyl (C=O) groups is 1. The highest BCUT2D eigenvalue weighted by atomic mass is 16.5. The van der Waals surface area contributed by atoms with Gasteiger partial charge in [-0.05, 0) is 54.3 Å². The average molecular weight is 391 g/mol. The molecule has 1 heterocycles. The lowest BCUT2D eigenvalue weighted by Crippen LogP contribution is -2.48. The molecule has 5 N–H and O–H groups in total. The van der Waals surface area contributed by atoms with Crippen LogP contribution in [0.2, 0.25) is 0 Å². The summed E-state index contributed by atoms with van der Waals surface area (Å²) in [6, 6.07) is 15.0. The number of nitrogens with zero attached hydrogens (tertiary/aromatic N) is 2. The van der Waals surface area contributed by atoms with Gasteiger partial charge >= 0.3 is 6.03 Å². The van der Waals surface area contributed by atoms with Crippen LogP contribution in [0.25, 0.3) is 11.1 Å². The van der Waals surface area contributed by atoms with Gasteiger partial charge in [0.1, 0.15) is 12.4 Å². The number of ether oxygens (including phenoxy) is 1. The minimum Gasteiger partial charge on any atom is -0.489 e. The molecule has 0 saturated carbocycles. The minimum atomic E-state index is -0.600. The number of amides is 2. The monoisotopic (exact) mass is 391 g/mol. The molecule has 0 bridgehead atoms. The number of anilines is 1. The molecule has 150 valence electrons. The summed E-state index contributed by atoms with van der Waals surface area (Å²) in [4.78, 5) is 16.0. The van der Waals surface area contributed by atoms with Crippen molar-refractivity contribution in [3.05, 3.63) is 77.6 Å². The summed E-state index contributed by atoms with van der Waals surface area (Å²) in [5, 5.41) is 0.996. The second kappa shape index (κ2) is 9.18. The third kappa shape index (κ3) is 4.53. The molecule has 0 saturated heterocycles. The van der Waals surface area contributed by atoms with Crippen molar-refractivity contribution in [1.29, 1.82) is 0 Å². The number of nitrogens with one attached hydrogen (secondary N) is 1. The van der Waals surface area contributed by atoms with E-state index >= 15 is 0 Å². The second-order valence-electron chi connectivity index (χ2n) is 6.60. The van der Waals surface area contributed by atoms with Gasteiger partial charge in [-0.3, -0.25) is 10.4 Å². The van der Waals surface area contributed by atoms with Crippen LogP contribution in [0, 0.1) is 6.92 Å². The molecular weight excluding hydrogens is 366 g/mol. The van der Waals surface area contributed by atoms with Crippen LogP contribution < -0.4 is 26.9 Å². The fourth-order valence-electron chi connectivity index (χ4n) is 3.20. The zero-order chi connectivity index (χ0) is 20.8. The number of hydrogen-bond acceptors (Lipinski definition) is 5. The van der Waals surface area contributed by atoms with Gasteiger partial charge in [-0.15, -0.1) is 0 Å². The summed E-state index contributed by atoms with van der Waals surface area (Å²) in [5.41, 5.74) is 7.62. The lowest BCUT2D eigenvalue weighted by atomic mass is 10.0. The number of hydrazine groups is 2. The number of hydrogen-bond donors (Lipinski definition) is 3. The van der Waals surface area contributed by atoms with Crippen LogP contribution in [0.1, 0.15) is 23.6 Å². The Bertz CT molecular complexity index is 992. The summed E-state index contributed by atoms with van der Waals surface area (Å²) in [5.74, 6) is 11.9. The van der Waals surface area contributed by atoms with Gasteiger partial charge in [-0.1, -0.05) is 31.2 Å². The van der Waals surface area contributed by atoms with E-state index < -0.39 is 6.03 Å². The van der Waals surface area contributed by atoms with Crippen LogP contribution in [-0.4, -0.2) is 11.0 Å². The third-order valence-electron chi connectivity index (χ3n) is 4.77. The third-order valence-corrected chi connectivity index (χ3v) is 4.77. The molecule has 0 atom stereocenters. The van der Waals surface area contributed by atoms with E-state index in [9.17, 15) is 4.79 Å². The molecule has 7 heteroatoms. The first-order chi connectivity index (χ1) is 14.0. The van der Waals surface area contributed by atoms with E-state index in [1.165, 1.54) is 0 Å². The van der Waals surface area contributed by atoms with Crippen LogP contribution >= 0.6 is 0 Å². The molecule has 1 aromatic heterocycles. The average Bonchev–Trinajstić information content (AvgIpc) is 2.77. The van der Waals surface area contributed by atoms with E-state index in [0.717, 1.165) is 45.0 Å². The normalized spacial score (nSPS) is 10.5. The number of carbonyl (C=O) groups excluding carboxylic acids is 1. The Hall–Kier alpha value is -3.42. The van der Waals surface area contributed by atoms with Crippen molar-refractivity contribution in [2.75, 3.05) is 5.01 Å². The summed E-state index contributed by atoms with van der Waals surface area (Å²) < 4.78 is 6.10. The Labute approximate surface area is 170 Å². The molecule has 7 nitrogen and oxygen atoms in total. The fourth-order valence-corrected chi connectivity index (χ4v) is 3.20. The maximum Gasteiger partial charge on any atom is 0.350 e. The van der Waals surface area contributed by atoms with Crippen molar-refractivity contribution in [3.8, 4) is 16.9 Å². The van der Waals surface area contributed by atoms with Crippen LogP contribution in [0.5, 0.6) is 5.75 Å². The Balaban J connectivity index is 1.85. The first kappa shape index (κ1) is 20.3. The SMILES string of the molecule is CCc1cccc(N(N)C(=O)NN)c1COc1ccc(-c2cccnc2)cc1C. The van der Waals surface area contributed by atoms with Crippen LogP contribution in [-0.2, 0) is 13.0 Å². The quantitative estimate of drug-likeness (QED) is 0.339. The Morgan fingerprint density at radius 2 is 2.00 bits per heavy atom. The van der Waals surface area contributed by atoms with Gasteiger partial charge < -0.3 is 4.74 Å². The van der Waals surface area contributed by atoms with Gasteiger partial charge in [0, 0.05) is 23.5 Å². The molecule has 0 aliphatic heterocycles. The van der Waals surface area contributed by atoms with E-state index in [4.69, 9.17) is 16.4 Å². The topological polar surface area (TPSA) is 106 Å². The number of aromatic nitrogens is 1. The minimum absolute atomic E-state index is 0.276. The first-order valence-corrected chi connectivity index (χ1v) is 9.35. The van der Waals surface area contributed by atoms with Gasteiger partial charge in [0.2, 0.25) is 0 Å². The molecule has 3 aromatic rings. The highest BCUT2D eigenvalue weighted by molar-refractivity contribution is 5.91. The molecule has 0 spiro atoms. The predicted molar refractivity (Wildman–Crippen MR) is 114 cm³/mol. The molecule has 0 aliphatic carbocycles. The smallest absolute Gasteiger partial charge is 0.350 e. The van der Waals surface area contributed by atoms with Gasteiger partial charge in [0.15, 0.2) is 0 Å². The van der Waals surface area contributed by atoms with Crippen molar-refractivity contribution in [2.24, 2.45) is 11.7 Å². The molecule has 2 aromatic carbocycles. The van der Waals surface area contributed by atoms with Crippen molar-refractivity contribution in [2.45, 2.75) is 26.9 Å². The molecule has 0 aliphatic rings. The van der Waals surface area contributed by atoms with E-state index in [1.807, 2.05) is 61.9 Å². The van der Waals surface area contributed by atoms with Crippen LogP contribution in [0.15, 0.2) is 60.9 Å². The number of pyridine rings is 1. The number of rotatable bonds is 6. The van der Waals surface area contributed by atoms with Crippen molar-refractivity contribution >= 4 is 11.7 Å². The highest BCUT2D eigenvalue weighted by Gasteiger charge is 2.17. The maximum atomic E-state index is 11.9. The van der Waals surface area contributed by atoms with Gasteiger partial charge in [-0.2, -0.15) is 0 Å². The first-order valence-electron chi connectivity index (χ1n) is 9.35. The van der Waals surface area contributed by atoms with Crippen molar-refractivity contribution < 1.29 is 9.53 Å². The molecule has 2 amide bonds. The lowest BCUT2D eigenvalue weighted by Gasteiger charge is -2.22. The Kier molecular flexibility index (Phi) is 6.43. The van der Waals surface area contributed by atoms with E-state index in [-0.39, 0.29) is 6.61 Å². The number of benzene rings is 2. The van der Waals surface area contributed by atoms with Crippen LogP contribution in [0.3, 0.4) is 0 Å². The summed E-state index contributed by atoms with van der Waals surface area (Å²) in [6.45, 7) is 4.32. The van der Waals surface area contributed by atoms with Gasteiger partial charge in [0.05, 0.1) is 5.69 Å². The maximum absolute atomic E-state index is 11.9. The summed E-state index contributed by atoms with van der Waals surface area (Å²) in [7, 11) is 0. The molecular formula is C22H25N5O2. The predicted octanol–water partition coefficient (Wildman–Crippen LogP) is 3.46. The zero-order valence-corrected chi connectivity index (χ0v) is 16.6. The van der Waals surface area contributed by atoms with Crippen LogP contribution in [0.4, 0.5) is 10.5 Å². The van der Waals surface area contributed by atoms with Crippen molar-refractivity contribution in [3.63, 3.8) is 0 Å². The van der Waals surface area contributed by atoms with Crippen molar-refractivity contribution in [1.82, 2.24) is 10.4 Å². The summed E-state index contributed by atoms with van der Waals surface area (Å²) >= 11 is 0. The molecule has 29 heavy (non-hydrogen) atoms. The molecule has 0 radical (unpaired) electrons. The van der Waals surface area contributed by atoms with E-state index in [0.29, 0.717) is 5.69 Å².